The number of carbonyl (C=O) groups excluding carboxylic acids is 1. The summed E-state index contributed by atoms with van der Waals surface area (Å²) < 4.78 is 28.9. The highest BCUT2D eigenvalue weighted by molar-refractivity contribution is 9.10. The zero-order valence-electron chi connectivity index (χ0n) is 14.3. The summed E-state index contributed by atoms with van der Waals surface area (Å²) in [6.45, 7) is 3.84. The maximum atomic E-state index is 12.7. The fourth-order valence-electron chi connectivity index (χ4n) is 2.47. The van der Waals surface area contributed by atoms with Crippen molar-refractivity contribution >= 4 is 31.9 Å². The van der Waals surface area contributed by atoms with E-state index in [9.17, 15) is 13.2 Å². The predicted molar refractivity (Wildman–Crippen MR) is 96.8 cm³/mol. The fourth-order valence-corrected chi connectivity index (χ4v) is 3.44. The number of amides is 1. The standard InChI is InChI=1S/C16H19BrN4O4S/c1-8(2)13(16-20-14(21-25-16)9-3-4-9)19-15(22)11-7-10(26(18,23)24)5-6-12(11)17/h5-9,13H,3-4H2,1-2H3,(H,19,22)(H2,18,23,24). The lowest BCUT2D eigenvalue weighted by atomic mass is 10.0. The van der Waals surface area contributed by atoms with Crippen LogP contribution >= 0.6 is 15.9 Å². The maximum absolute atomic E-state index is 12.7. The van der Waals surface area contributed by atoms with E-state index in [2.05, 4.69) is 31.4 Å². The summed E-state index contributed by atoms with van der Waals surface area (Å²) in [6.07, 6.45) is 2.09. The molecule has 3 rings (SSSR count). The zero-order chi connectivity index (χ0) is 19.1. The molecule has 1 atom stereocenters. The van der Waals surface area contributed by atoms with Crippen molar-refractivity contribution in [1.29, 1.82) is 0 Å². The molecule has 3 N–H and O–H groups in total. The van der Waals surface area contributed by atoms with Crippen molar-refractivity contribution in [2.75, 3.05) is 0 Å². The highest BCUT2D eigenvalue weighted by atomic mass is 79.9. The first kappa shape index (κ1) is 19.0. The van der Waals surface area contributed by atoms with Gasteiger partial charge in [-0.2, -0.15) is 4.98 Å². The number of carbonyl (C=O) groups is 1. The monoisotopic (exact) mass is 442 g/mol. The SMILES string of the molecule is CC(C)C(NC(=O)c1cc(S(N)(=O)=O)ccc1Br)c1nc(C2CC2)no1. The minimum atomic E-state index is -3.91. The lowest BCUT2D eigenvalue weighted by Crippen LogP contribution is -2.32. The Morgan fingerprint density at radius 1 is 1.38 bits per heavy atom. The van der Waals surface area contributed by atoms with Crippen LogP contribution in [0.25, 0.3) is 0 Å². The molecule has 0 bridgehead atoms. The number of benzene rings is 1. The van der Waals surface area contributed by atoms with Gasteiger partial charge in [-0.15, -0.1) is 0 Å². The van der Waals surface area contributed by atoms with E-state index in [0.717, 1.165) is 12.8 Å². The van der Waals surface area contributed by atoms with Gasteiger partial charge in [-0.1, -0.05) is 19.0 Å². The van der Waals surface area contributed by atoms with Gasteiger partial charge in [0.1, 0.15) is 6.04 Å². The number of nitrogens with one attached hydrogen (secondary N) is 1. The van der Waals surface area contributed by atoms with Gasteiger partial charge in [-0.3, -0.25) is 4.79 Å². The van der Waals surface area contributed by atoms with Crippen LogP contribution in [0.1, 0.15) is 60.7 Å². The van der Waals surface area contributed by atoms with E-state index in [1.807, 2.05) is 13.8 Å². The van der Waals surface area contributed by atoms with Gasteiger partial charge in [0.2, 0.25) is 15.9 Å². The Morgan fingerprint density at radius 3 is 2.65 bits per heavy atom. The Morgan fingerprint density at radius 2 is 2.08 bits per heavy atom. The number of aromatic nitrogens is 2. The second-order valence-corrected chi connectivity index (χ2v) is 9.06. The first-order valence-corrected chi connectivity index (χ1v) is 10.5. The van der Waals surface area contributed by atoms with Gasteiger partial charge < -0.3 is 9.84 Å². The quantitative estimate of drug-likeness (QED) is 0.706. The highest BCUT2D eigenvalue weighted by Gasteiger charge is 2.32. The fraction of sp³-hybridized carbons (Fsp3) is 0.438. The summed E-state index contributed by atoms with van der Waals surface area (Å²) in [7, 11) is -3.91. The number of nitrogens with two attached hydrogens (primary N) is 1. The second kappa shape index (κ2) is 7.09. The molecular weight excluding hydrogens is 424 g/mol. The average Bonchev–Trinajstić information content (AvgIpc) is 3.29. The molecule has 0 aliphatic heterocycles. The van der Waals surface area contributed by atoms with Crippen molar-refractivity contribution < 1.29 is 17.7 Å². The lowest BCUT2D eigenvalue weighted by Gasteiger charge is -2.19. The lowest BCUT2D eigenvalue weighted by molar-refractivity contribution is 0.0913. The average molecular weight is 443 g/mol. The van der Waals surface area contributed by atoms with Crippen molar-refractivity contribution in [2.45, 2.75) is 43.5 Å². The Hall–Kier alpha value is -1.78. The minimum Gasteiger partial charge on any atom is -0.340 e. The summed E-state index contributed by atoms with van der Waals surface area (Å²) in [5.41, 5.74) is 0.157. The van der Waals surface area contributed by atoms with Crippen LogP contribution in [0.15, 0.2) is 32.1 Å². The van der Waals surface area contributed by atoms with E-state index in [4.69, 9.17) is 9.66 Å². The van der Waals surface area contributed by atoms with E-state index in [1.54, 1.807) is 0 Å². The highest BCUT2D eigenvalue weighted by Crippen LogP contribution is 2.38. The minimum absolute atomic E-state index is 0.00773. The maximum Gasteiger partial charge on any atom is 0.253 e. The second-order valence-electron chi connectivity index (χ2n) is 6.65. The van der Waals surface area contributed by atoms with E-state index in [-0.39, 0.29) is 16.4 Å². The van der Waals surface area contributed by atoms with E-state index < -0.39 is 22.0 Å². The molecule has 1 aliphatic rings. The van der Waals surface area contributed by atoms with Crippen molar-refractivity contribution in [3.63, 3.8) is 0 Å². The van der Waals surface area contributed by atoms with Crippen molar-refractivity contribution in [3.8, 4) is 0 Å². The van der Waals surface area contributed by atoms with E-state index in [0.29, 0.717) is 22.1 Å². The molecule has 1 aliphatic carbocycles. The molecular formula is C16H19BrN4O4S. The third-order valence-electron chi connectivity index (χ3n) is 4.13. The van der Waals surface area contributed by atoms with Gasteiger partial charge in [0.05, 0.1) is 10.5 Å². The molecule has 140 valence electrons. The molecule has 26 heavy (non-hydrogen) atoms. The Bertz CT molecular complexity index is 937. The Labute approximate surface area is 159 Å². The number of hydrogen-bond donors (Lipinski definition) is 2. The molecule has 1 fully saturated rings. The number of primary sulfonamides is 1. The van der Waals surface area contributed by atoms with Crippen LogP contribution < -0.4 is 10.5 Å². The third kappa shape index (κ3) is 4.13. The number of hydrogen-bond acceptors (Lipinski definition) is 6. The summed E-state index contributed by atoms with van der Waals surface area (Å²) in [4.78, 5) is 17.0. The molecule has 1 heterocycles. The van der Waals surface area contributed by atoms with Crippen molar-refractivity contribution in [2.24, 2.45) is 11.1 Å². The summed E-state index contributed by atoms with van der Waals surface area (Å²) >= 11 is 3.26. The third-order valence-corrected chi connectivity index (χ3v) is 5.73. The normalized spacial score (nSPS) is 15.9. The molecule has 1 aromatic carbocycles. The van der Waals surface area contributed by atoms with Crippen molar-refractivity contribution in [3.05, 3.63) is 40.0 Å². The molecule has 1 aromatic heterocycles. The first-order chi connectivity index (χ1) is 12.2. The summed E-state index contributed by atoms with van der Waals surface area (Å²) in [5, 5.41) is 12.0. The smallest absolute Gasteiger partial charge is 0.253 e. The molecule has 0 saturated heterocycles. The largest absolute Gasteiger partial charge is 0.340 e. The molecule has 2 aromatic rings. The van der Waals surface area contributed by atoms with Crippen LogP contribution in [-0.4, -0.2) is 24.5 Å². The summed E-state index contributed by atoms with van der Waals surface area (Å²) in [6, 6.07) is 3.54. The molecule has 8 nitrogen and oxygen atoms in total. The van der Waals surface area contributed by atoms with Crippen LogP contribution in [0, 0.1) is 5.92 Å². The molecule has 0 spiro atoms. The number of sulfonamides is 1. The number of nitrogens with zero attached hydrogens (tertiary/aromatic N) is 2. The van der Waals surface area contributed by atoms with Crippen LogP contribution in [0.4, 0.5) is 0 Å². The van der Waals surface area contributed by atoms with Gasteiger partial charge in [0.15, 0.2) is 5.82 Å². The first-order valence-electron chi connectivity index (χ1n) is 8.13. The van der Waals surface area contributed by atoms with Gasteiger partial charge in [-0.25, -0.2) is 13.6 Å². The molecule has 1 unspecified atom stereocenters. The molecule has 10 heteroatoms. The Balaban J connectivity index is 1.86. The van der Waals surface area contributed by atoms with Gasteiger partial charge in [0.25, 0.3) is 5.91 Å². The predicted octanol–water partition coefficient (Wildman–Crippen LogP) is 2.48. The number of halogens is 1. The zero-order valence-corrected chi connectivity index (χ0v) is 16.7. The van der Waals surface area contributed by atoms with Crippen LogP contribution in [-0.2, 0) is 10.0 Å². The molecule has 1 amide bonds. The molecule has 1 saturated carbocycles. The Kier molecular flexibility index (Phi) is 5.18. The van der Waals surface area contributed by atoms with Crippen LogP contribution in [0.5, 0.6) is 0 Å². The van der Waals surface area contributed by atoms with Crippen molar-refractivity contribution in [1.82, 2.24) is 15.5 Å². The van der Waals surface area contributed by atoms with Crippen LogP contribution in [0.2, 0.25) is 0 Å². The summed E-state index contributed by atoms with van der Waals surface area (Å²) in [5.74, 6) is 0.877. The van der Waals surface area contributed by atoms with Gasteiger partial charge >= 0.3 is 0 Å². The van der Waals surface area contributed by atoms with Crippen LogP contribution in [0.3, 0.4) is 0 Å². The van der Waals surface area contributed by atoms with Gasteiger partial charge in [0, 0.05) is 10.4 Å². The molecule has 0 radical (unpaired) electrons. The van der Waals surface area contributed by atoms with E-state index in [1.165, 1.54) is 18.2 Å². The number of rotatable bonds is 6. The van der Waals surface area contributed by atoms with E-state index >= 15 is 0 Å². The van der Waals surface area contributed by atoms with Gasteiger partial charge in [-0.05, 0) is 52.9 Å². The topological polar surface area (TPSA) is 128 Å².